The summed E-state index contributed by atoms with van der Waals surface area (Å²) >= 11 is 0. The summed E-state index contributed by atoms with van der Waals surface area (Å²) in [5.74, 6) is 4.23. The van der Waals surface area contributed by atoms with Gasteiger partial charge in [0.25, 0.3) is 5.56 Å². The Morgan fingerprint density at radius 2 is 1.85 bits per heavy atom. The molecule has 1 fully saturated rings. The summed E-state index contributed by atoms with van der Waals surface area (Å²) in [6.45, 7) is 5.14. The SMILES string of the molecule is C=S(=O)(CCOC)c1ccc(C)c(-c2cc3cnc(Nc4ccc(N5CCNCC5)c(C(F)(F)F)c4)nc3n(CCN(C)C)c2=O)c1. The smallest absolute Gasteiger partial charge is 0.384 e. The number of halogens is 3. The first-order chi connectivity index (χ1) is 22.3. The van der Waals surface area contributed by atoms with Gasteiger partial charge in [-0.15, -0.1) is 0 Å². The number of methoxy groups -OCH3 is 1. The molecule has 1 atom stereocenters. The molecule has 1 unspecified atom stereocenters. The minimum absolute atomic E-state index is 0.0550. The molecule has 0 radical (unpaired) electrons. The fourth-order valence-corrected chi connectivity index (χ4v) is 6.85. The molecule has 2 aromatic carbocycles. The molecule has 1 aliphatic rings. The molecule has 0 aliphatic carbocycles. The maximum absolute atomic E-state index is 14.2. The Labute approximate surface area is 272 Å². The second kappa shape index (κ2) is 14.0. The number of hydrogen-bond donors (Lipinski definition) is 2. The lowest BCUT2D eigenvalue weighted by Gasteiger charge is -2.31. The molecule has 0 spiro atoms. The summed E-state index contributed by atoms with van der Waals surface area (Å²) in [5, 5.41) is 6.64. The number of likely N-dealkylation sites (N-methyl/N-ethyl adjacent to an activating group) is 1. The molecule has 0 saturated carbocycles. The predicted molar refractivity (Wildman–Crippen MR) is 183 cm³/mol. The number of hydrogen-bond acceptors (Lipinski definition) is 9. The van der Waals surface area contributed by atoms with E-state index in [1.54, 1.807) is 39.9 Å². The van der Waals surface area contributed by atoms with Crippen molar-refractivity contribution in [1.82, 2.24) is 24.8 Å². The third kappa shape index (κ3) is 7.78. The van der Waals surface area contributed by atoms with Crippen LogP contribution in [0.4, 0.5) is 30.5 Å². The number of aromatic nitrogens is 3. The Morgan fingerprint density at radius 3 is 2.53 bits per heavy atom. The molecule has 252 valence electrons. The molecule has 47 heavy (non-hydrogen) atoms. The van der Waals surface area contributed by atoms with Crippen LogP contribution in [0.3, 0.4) is 0 Å². The van der Waals surface area contributed by atoms with Gasteiger partial charge >= 0.3 is 6.18 Å². The van der Waals surface area contributed by atoms with Crippen molar-refractivity contribution < 1.29 is 22.1 Å². The van der Waals surface area contributed by atoms with Crippen LogP contribution in [-0.4, -0.2) is 95.8 Å². The van der Waals surface area contributed by atoms with Crippen LogP contribution in [0.2, 0.25) is 0 Å². The van der Waals surface area contributed by atoms with Gasteiger partial charge in [-0.25, -0.2) is 4.98 Å². The molecule has 14 heteroatoms. The number of nitrogens with zero attached hydrogens (tertiary/aromatic N) is 5. The topological polar surface area (TPSA) is 105 Å². The predicted octanol–water partition coefficient (Wildman–Crippen LogP) is 4.22. The average molecular weight is 672 g/mol. The van der Waals surface area contributed by atoms with Gasteiger partial charge in [-0.1, -0.05) is 6.07 Å². The quantitative estimate of drug-likeness (QED) is 0.227. The van der Waals surface area contributed by atoms with Crippen LogP contribution in [0.25, 0.3) is 22.2 Å². The van der Waals surface area contributed by atoms with Gasteiger partial charge in [0.1, 0.15) is 5.65 Å². The monoisotopic (exact) mass is 671 g/mol. The van der Waals surface area contributed by atoms with E-state index < -0.39 is 21.3 Å². The van der Waals surface area contributed by atoms with Crippen molar-refractivity contribution in [3.05, 3.63) is 70.1 Å². The van der Waals surface area contributed by atoms with Crippen LogP contribution in [0.15, 0.2) is 58.4 Å². The molecular formula is C33H40F3N7O3S. The van der Waals surface area contributed by atoms with Crippen LogP contribution < -0.4 is 21.1 Å². The molecule has 0 amide bonds. The Morgan fingerprint density at radius 1 is 1.11 bits per heavy atom. The number of fused-ring (bicyclic) bond motifs is 1. The molecule has 2 N–H and O–H groups in total. The van der Waals surface area contributed by atoms with Crippen molar-refractivity contribution in [2.75, 3.05) is 76.5 Å². The van der Waals surface area contributed by atoms with E-state index in [9.17, 15) is 22.2 Å². The van der Waals surface area contributed by atoms with Gasteiger partial charge < -0.3 is 25.2 Å². The van der Waals surface area contributed by atoms with Crippen molar-refractivity contribution in [2.24, 2.45) is 0 Å². The highest BCUT2D eigenvalue weighted by Gasteiger charge is 2.35. The molecule has 5 rings (SSSR count). The molecule has 4 aromatic rings. The van der Waals surface area contributed by atoms with Crippen LogP contribution in [0.5, 0.6) is 0 Å². The lowest BCUT2D eigenvalue weighted by atomic mass is 10.0. The number of piperazine rings is 1. The maximum Gasteiger partial charge on any atom is 0.418 e. The second-order valence-electron chi connectivity index (χ2n) is 11.9. The molecule has 1 saturated heterocycles. The van der Waals surface area contributed by atoms with Gasteiger partial charge in [0.2, 0.25) is 5.95 Å². The van der Waals surface area contributed by atoms with Gasteiger partial charge in [-0.2, -0.15) is 18.2 Å². The highest BCUT2D eigenvalue weighted by molar-refractivity contribution is 8.00. The summed E-state index contributed by atoms with van der Waals surface area (Å²) in [7, 11) is 2.65. The number of ether oxygens (including phenoxy) is 1. The van der Waals surface area contributed by atoms with Gasteiger partial charge in [-0.3, -0.25) is 13.6 Å². The van der Waals surface area contributed by atoms with E-state index in [2.05, 4.69) is 26.5 Å². The fraction of sp³-hybridized carbons (Fsp3) is 0.394. The Balaban J connectivity index is 1.57. The number of rotatable bonds is 11. The first-order valence-corrected chi connectivity index (χ1v) is 17.1. The summed E-state index contributed by atoms with van der Waals surface area (Å²) in [6.07, 6.45) is -3.02. The van der Waals surface area contributed by atoms with Crippen LogP contribution in [0.1, 0.15) is 11.1 Å². The normalized spacial score (nSPS) is 15.3. The zero-order chi connectivity index (χ0) is 33.9. The number of nitrogens with one attached hydrogen (secondary N) is 2. The highest BCUT2D eigenvalue weighted by Crippen LogP contribution is 2.39. The highest BCUT2D eigenvalue weighted by atomic mass is 32.2. The summed E-state index contributed by atoms with van der Waals surface area (Å²) < 4.78 is 62.5. The number of anilines is 3. The standard InChI is InChI=1S/C33H40F3N7O3S/c1-22-6-8-25(47(5,45)17-16-46-4)20-26(22)27-18-23-21-38-32(40-30(23)43(31(27)44)15-14-41(2)3)39-24-7-9-29(28(19-24)33(34,35)36)42-12-10-37-11-13-42/h6-9,18-21,37H,5,10-17H2,1-4H3,(H,38,39,40). The second-order valence-corrected chi connectivity index (χ2v) is 14.4. The van der Waals surface area contributed by atoms with E-state index in [0.717, 1.165) is 11.6 Å². The number of benzene rings is 2. The van der Waals surface area contributed by atoms with Crippen LogP contribution in [0, 0.1) is 6.92 Å². The summed E-state index contributed by atoms with van der Waals surface area (Å²) in [6, 6.07) is 11.1. The third-order valence-electron chi connectivity index (χ3n) is 8.16. The molecule has 2 aromatic heterocycles. The summed E-state index contributed by atoms with van der Waals surface area (Å²) in [5.41, 5.74) is 1.40. The van der Waals surface area contributed by atoms with Crippen molar-refractivity contribution >= 4 is 43.7 Å². The van der Waals surface area contributed by atoms with E-state index in [4.69, 9.17) is 4.74 Å². The number of pyridine rings is 1. The van der Waals surface area contributed by atoms with E-state index >= 15 is 0 Å². The molecule has 3 heterocycles. The Bertz CT molecular complexity index is 1920. The zero-order valence-electron chi connectivity index (χ0n) is 27.0. The van der Waals surface area contributed by atoms with E-state index in [1.165, 1.54) is 13.2 Å². The molecular weight excluding hydrogens is 631 g/mol. The lowest BCUT2D eigenvalue weighted by molar-refractivity contribution is -0.137. The third-order valence-corrected chi connectivity index (χ3v) is 10.1. The van der Waals surface area contributed by atoms with Crippen molar-refractivity contribution in [3.63, 3.8) is 0 Å². The zero-order valence-corrected chi connectivity index (χ0v) is 27.8. The van der Waals surface area contributed by atoms with E-state index in [-0.39, 0.29) is 35.2 Å². The van der Waals surface area contributed by atoms with Crippen LogP contribution in [-0.2, 0) is 27.0 Å². The van der Waals surface area contributed by atoms with Crippen LogP contribution >= 0.6 is 0 Å². The van der Waals surface area contributed by atoms with Crippen molar-refractivity contribution in [2.45, 2.75) is 24.5 Å². The van der Waals surface area contributed by atoms with Crippen molar-refractivity contribution in [3.8, 4) is 11.1 Å². The Kier molecular flexibility index (Phi) is 10.2. The number of alkyl halides is 3. The molecule has 1 aliphatic heterocycles. The number of aryl methyl sites for hydroxylation is 1. The minimum Gasteiger partial charge on any atom is -0.384 e. The van der Waals surface area contributed by atoms with Gasteiger partial charge in [0.15, 0.2) is 0 Å². The maximum atomic E-state index is 14.2. The van der Waals surface area contributed by atoms with Gasteiger partial charge in [-0.05, 0) is 83.9 Å². The van der Waals surface area contributed by atoms with Gasteiger partial charge in [0.05, 0.1) is 12.2 Å². The van der Waals surface area contributed by atoms with E-state index in [1.807, 2.05) is 32.0 Å². The first-order valence-electron chi connectivity index (χ1n) is 15.2. The fourth-order valence-electron chi connectivity index (χ4n) is 5.53. The minimum atomic E-state index is -4.56. The first kappa shape index (κ1) is 34.4. The Hall–Kier alpha value is -3.98. The largest absolute Gasteiger partial charge is 0.418 e. The van der Waals surface area contributed by atoms with Gasteiger partial charge in [0, 0.05) is 85.5 Å². The average Bonchev–Trinajstić information content (AvgIpc) is 3.03. The van der Waals surface area contributed by atoms with E-state index in [0.29, 0.717) is 66.3 Å². The van der Waals surface area contributed by atoms with Crippen molar-refractivity contribution in [1.29, 1.82) is 0 Å². The molecule has 0 bridgehead atoms. The lowest BCUT2D eigenvalue weighted by Crippen LogP contribution is -2.44. The molecule has 10 nitrogen and oxygen atoms in total. The summed E-state index contributed by atoms with van der Waals surface area (Å²) in [4.78, 5) is 27.3.